The van der Waals surface area contributed by atoms with E-state index in [-0.39, 0.29) is 0 Å². The van der Waals surface area contributed by atoms with E-state index in [1.165, 1.54) is 0 Å². The van der Waals surface area contributed by atoms with Gasteiger partial charge in [0.05, 0.1) is 0 Å². The predicted octanol–water partition coefficient (Wildman–Crippen LogP) is 2.97. The number of aromatic nitrogens is 1. The van der Waals surface area contributed by atoms with E-state index in [1.807, 2.05) is 13.8 Å². The zero-order chi connectivity index (χ0) is 10.6. The fourth-order valence-electron chi connectivity index (χ4n) is 0.590. The van der Waals surface area contributed by atoms with Crippen LogP contribution in [0.1, 0.15) is 19.4 Å². The van der Waals surface area contributed by atoms with Crippen molar-refractivity contribution in [1.82, 2.24) is 4.98 Å². The zero-order valence-electron chi connectivity index (χ0n) is 7.46. The number of pyridine rings is 1. The lowest BCUT2D eigenvalue weighted by Crippen LogP contribution is -2.02. The molecular formula is C8H9F4N. The first kappa shape index (κ1) is 11.9. The zero-order valence-corrected chi connectivity index (χ0v) is 7.46. The van der Waals surface area contributed by atoms with E-state index in [0.29, 0.717) is 0 Å². The quantitative estimate of drug-likeness (QED) is 0.458. The number of rotatable bonds is 0. The van der Waals surface area contributed by atoms with Gasteiger partial charge in [-0.2, -0.15) is 13.8 Å². The van der Waals surface area contributed by atoms with E-state index in [9.17, 15) is 17.6 Å². The molecule has 0 radical (unpaired) electrons. The molecule has 0 spiro atoms. The topological polar surface area (TPSA) is 12.9 Å². The second-order valence-corrected chi connectivity index (χ2v) is 1.95. The highest BCUT2D eigenvalue weighted by Crippen LogP contribution is 2.14. The molecule has 5 heteroatoms. The Morgan fingerprint density at radius 1 is 0.846 bits per heavy atom. The lowest BCUT2D eigenvalue weighted by atomic mass is 10.3. The van der Waals surface area contributed by atoms with E-state index in [1.54, 1.807) is 0 Å². The molecule has 0 aromatic carbocycles. The van der Waals surface area contributed by atoms with Gasteiger partial charge in [-0.05, 0) is 6.92 Å². The van der Waals surface area contributed by atoms with Crippen LogP contribution >= 0.6 is 0 Å². The van der Waals surface area contributed by atoms with Crippen molar-refractivity contribution < 1.29 is 17.6 Å². The van der Waals surface area contributed by atoms with Crippen molar-refractivity contribution in [1.29, 1.82) is 0 Å². The van der Waals surface area contributed by atoms with Crippen LogP contribution in [0.15, 0.2) is 0 Å². The molecule has 0 bridgehead atoms. The second-order valence-electron chi connectivity index (χ2n) is 1.95. The molecule has 13 heavy (non-hydrogen) atoms. The Kier molecular flexibility index (Phi) is 4.37. The normalized spacial score (nSPS) is 9.15. The van der Waals surface area contributed by atoms with Gasteiger partial charge in [0.25, 0.3) is 11.9 Å². The molecule has 1 rings (SSSR count). The van der Waals surface area contributed by atoms with Gasteiger partial charge in [0.15, 0.2) is 11.6 Å². The Balaban J connectivity index is 0.000000671. The summed E-state index contributed by atoms with van der Waals surface area (Å²) in [6.07, 6.45) is 0. The summed E-state index contributed by atoms with van der Waals surface area (Å²) in [4.78, 5) is 2.35. The third kappa shape index (κ3) is 2.40. The van der Waals surface area contributed by atoms with Gasteiger partial charge in [0.1, 0.15) is 0 Å². The standard InChI is InChI=1S/C6H3F4N.C2H6/c1-2-3(7)5(9)11-6(10)4(2)8;1-2/h1H3;1-2H3. The van der Waals surface area contributed by atoms with Crippen molar-refractivity contribution in [3.05, 3.63) is 29.1 Å². The molecule has 0 N–H and O–H groups in total. The third-order valence-corrected chi connectivity index (χ3v) is 1.22. The molecule has 0 saturated carbocycles. The van der Waals surface area contributed by atoms with Crippen LogP contribution in [0.5, 0.6) is 0 Å². The van der Waals surface area contributed by atoms with Crippen molar-refractivity contribution in [3.8, 4) is 0 Å². The SMILES string of the molecule is CC.Cc1c(F)c(F)nc(F)c1F. The minimum absolute atomic E-state index is 0.699. The predicted molar refractivity (Wildman–Crippen MR) is 40.2 cm³/mol. The maximum absolute atomic E-state index is 12.3. The molecule has 0 fully saturated rings. The Labute approximate surface area is 73.4 Å². The highest BCUT2D eigenvalue weighted by atomic mass is 19.2. The summed E-state index contributed by atoms with van der Waals surface area (Å²) in [5.74, 6) is -6.16. The molecule has 1 aromatic heterocycles. The smallest absolute Gasteiger partial charge is 0.202 e. The molecule has 0 aliphatic heterocycles. The maximum atomic E-state index is 12.3. The molecule has 0 unspecified atom stereocenters. The van der Waals surface area contributed by atoms with Gasteiger partial charge in [-0.3, -0.25) is 0 Å². The van der Waals surface area contributed by atoms with Crippen molar-refractivity contribution in [2.45, 2.75) is 20.8 Å². The Bertz CT molecular complexity index is 272. The van der Waals surface area contributed by atoms with Gasteiger partial charge in [-0.1, -0.05) is 13.8 Å². The first-order chi connectivity index (χ1) is 6.04. The van der Waals surface area contributed by atoms with Crippen LogP contribution in [0, 0.1) is 30.5 Å². The maximum Gasteiger partial charge on any atom is 0.252 e. The number of hydrogen-bond acceptors (Lipinski definition) is 1. The van der Waals surface area contributed by atoms with Crippen LogP contribution in [0.2, 0.25) is 0 Å². The Hall–Kier alpha value is -1.13. The van der Waals surface area contributed by atoms with Crippen molar-refractivity contribution >= 4 is 0 Å². The summed E-state index contributed by atoms with van der Waals surface area (Å²) >= 11 is 0. The van der Waals surface area contributed by atoms with Gasteiger partial charge in [-0.25, -0.2) is 8.78 Å². The van der Waals surface area contributed by atoms with Gasteiger partial charge in [0.2, 0.25) is 0 Å². The molecule has 1 nitrogen and oxygen atoms in total. The molecule has 1 aromatic rings. The highest BCUT2D eigenvalue weighted by Gasteiger charge is 2.16. The van der Waals surface area contributed by atoms with Crippen LogP contribution in [-0.2, 0) is 0 Å². The fourth-order valence-corrected chi connectivity index (χ4v) is 0.590. The molecule has 0 amide bonds. The lowest BCUT2D eigenvalue weighted by Gasteiger charge is -1.98. The Morgan fingerprint density at radius 3 is 1.46 bits per heavy atom. The van der Waals surface area contributed by atoms with Crippen LogP contribution in [0.4, 0.5) is 17.6 Å². The molecule has 1 heterocycles. The minimum atomic E-state index is -1.62. The summed E-state index contributed by atoms with van der Waals surface area (Å²) in [5, 5.41) is 0. The van der Waals surface area contributed by atoms with Crippen molar-refractivity contribution in [2.24, 2.45) is 0 Å². The molecule has 0 aliphatic carbocycles. The van der Waals surface area contributed by atoms with Gasteiger partial charge < -0.3 is 0 Å². The third-order valence-electron chi connectivity index (χ3n) is 1.22. The molecule has 74 valence electrons. The molecule has 0 atom stereocenters. The summed E-state index contributed by atoms with van der Waals surface area (Å²) in [6.45, 7) is 4.93. The van der Waals surface area contributed by atoms with Crippen molar-refractivity contribution in [3.63, 3.8) is 0 Å². The van der Waals surface area contributed by atoms with E-state index in [2.05, 4.69) is 4.98 Å². The first-order valence-electron chi connectivity index (χ1n) is 3.70. The number of hydrogen-bond donors (Lipinski definition) is 0. The summed E-state index contributed by atoms with van der Waals surface area (Å²) in [6, 6.07) is 0. The van der Waals surface area contributed by atoms with Gasteiger partial charge >= 0.3 is 0 Å². The van der Waals surface area contributed by atoms with E-state index in [4.69, 9.17) is 0 Å². The molecule has 0 saturated heterocycles. The van der Waals surface area contributed by atoms with Crippen LogP contribution in [0.3, 0.4) is 0 Å². The van der Waals surface area contributed by atoms with E-state index < -0.39 is 29.1 Å². The monoisotopic (exact) mass is 195 g/mol. The lowest BCUT2D eigenvalue weighted by molar-refractivity contribution is 0.399. The first-order valence-corrected chi connectivity index (χ1v) is 3.70. The van der Waals surface area contributed by atoms with Crippen LogP contribution in [-0.4, -0.2) is 4.98 Å². The summed E-state index contributed by atoms with van der Waals surface area (Å²) in [5.41, 5.74) is -0.699. The highest BCUT2D eigenvalue weighted by molar-refractivity contribution is 5.14. The van der Waals surface area contributed by atoms with Crippen molar-refractivity contribution in [2.75, 3.05) is 0 Å². The largest absolute Gasteiger partial charge is 0.252 e. The number of nitrogens with zero attached hydrogens (tertiary/aromatic N) is 1. The molecule has 0 aliphatic rings. The molecular weight excluding hydrogens is 186 g/mol. The number of halogens is 4. The summed E-state index contributed by atoms with van der Waals surface area (Å²) < 4.78 is 48.9. The average Bonchev–Trinajstić information content (AvgIpc) is 2.15. The van der Waals surface area contributed by atoms with Crippen LogP contribution in [0.25, 0.3) is 0 Å². The average molecular weight is 195 g/mol. The van der Waals surface area contributed by atoms with Gasteiger partial charge in [-0.15, -0.1) is 0 Å². The second kappa shape index (κ2) is 4.79. The van der Waals surface area contributed by atoms with Crippen LogP contribution < -0.4 is 0 Å². The summed E-state index contributed by atoms with van der Waals surface area (Å²) in [7, 11) is 0. The van der Waals surface area contributed by atoms with E-state index >= 15 is 0 Å². The fraction of sp³-hybridized carbons (Fsp3) is 0.375. The Morgan fingerprint density at radius 2 is 1.15 bits per heavy atom. The van der Waals surface area contributed by atoms with Gasteiger partial charge in [0, 0.05) is 5.56 Å². The van der Waals surface area contributed by atoms with E-state index in [0.717, 1.165) is 6.92 Å². The minimum Gasteiger partial charge on any atom is -0.202 e.